The van der Waals surface area contributed by atoms with Crippen LogP contribution in [0.3, 0.4) is 0 Å². The molecule has 0 saturated heterocycles. The van der Waals surface area contributed by atoms with Crippen molar-refractivity contribution in [2.75, 3.05) is 28.9 Å². The molecule has 3 aromatic carbocycles. The fraction of sp³-hybridized carbons (Fsp3) is 0.417. The van der Waals surface area contributed by atoms with Crippen LogP contribution in [0.1, 0.15) is 57.2 Å². The summed E-state index contributed by atoms with van der Waals surface area (Å²) in [5.74, 6) is -3.07. The topological polar surface area (TPSA) is 168 Å². The highest BCUT2D eigenvalue weighted by atomic mass is 32.2. The first-order chi connectivity index (χ1) is 22.8. The van der Waals surface area contributed by atoms with Gasteiger partial charge in [-0.1, -0.05) is 57.2 Å². The summed E-state index contributed by atoms with van der Waals surface area (Å²) in [6.07, 6.45) is 0.241. The maximum absolute atomic E-state index is 14.8. The number of sulfone groups is 1. The van der Waals surface area contributed by atoms with Crippen molar-refractivity contribution < 1.29 is 32.7 Å². The van der Waals surface area contributed by atoms with Crippen LogP contribution in [-0.4, -0.2) is 79.4 Å². The van der Waals surface area contributed by atoms with E-state index in [4.69, 9.17) is 0 Å². The summed E-state index contributed by atoms with van der Waals surface area (Å²) in [7, 11) is -2.56. The Bertz CT molecular complexity index is 1950. The number of benzene rings is 3. The predicted molar refractivity (Wildman–Crippen MR) is 188 cm³/mol. The third kappa shape index (κ3) is 8.37. The monoisotopic (exact) mass is 689 g/mol. The van der Waals surface area contributed by atoms with Crippen LogP contribution in [0.15, 0.2) is 54.6 Å². The molecular weight excluding hydrogens is 646 g/mol. The molecule has 13 heteroatoms. The number of nitrogens with one attached hydrogen (secondary N) is 1. The van der Waals surface area contributed by atoms with E-state index in [0.717, 1.165) is 38.0 Å². The Kier molecular flexibility index (Phi) is 10.7. The molecule has 0 aromatic heterocycles. The quantitative estimate of drug-likeness (QED) is 0.328. The third-order valence-corrected chi connectivity index (χ3v) is 9.63. The van der Waals surface area contributed by atoms with Gasteiger partial charge in [-0.15, -0.1) is 0 Å². The number of nitriles is 1. The molecule has 0 saturated carbocycles. The largest absolute Gasteiger partial charge is 0.465 e. The first-order valence-electron chi connectivity index (χ1n) is 15.9. The van der Waals surface area contributed by atoms with Crippen LogP contribution in [0.2, 0.25) is 0 Å². The number of amides is 4. The molecule has 1 aliphatic heterocycles. The van der Waals surface area contributed by atoms with Crippen molar-refractivity contribution in [3.05, 3.63) is 71.3 Å². The summed E-state index contributed by atoms with van der Waals surface area (Å²) >= 11 is 0. The standard InChI is InChI=1S/C36H43N5O7S/c1-22-12-14-25-10-8-9-11-26(25)27(22)20-40-28-15-13-24(19-37)18-30(28)41(31(42)21-49(7,47)48)23(2)32(34(40)44)38-33(43)29(39(6)35(45)46)16-17-36(3,4)5/h8-15,18,23,29,32H,16-17,20-21H2,1-7H3,(H,38,43)(H,45,46)/t23-,29-,32-/m0/s1. The van der Waals surface area contributed by atoms with Gasteiger partial charge in [0.2, 0.25) is 11.8 Å². The lowest BCUT2D eigenvalue weighted by Gasteiger charge is -2.34. The van der Waals surface area contributed by atoms with Crippen molar-refractivity contribution in [2.24, 2.45) is 5.41 Å². The number of hydrogen-bond acceptors (Lipinski definition) is 7. The molecule has 2 N–H and O–H groups in total. The number of likely N-dealkylation sites (N-methyl/N-ethyl adjacent to an activating group) is 1. The van der Waals surface area contributed by atoms with Crippen LogP contribution in [0.5, 0.6) is 0 Å². The van der Waals surface area contributed by atoms with Crippen molar-refractivity contribution in [1.29, 1.82) is 5.26 Å². The Morgan fingerprint density at radius 2 is 1.76 bits per heavy atom. The van der Waals surface area contributed by atoms with Crippen LogP contribution in [0.25, 0.3) is 10.8 Å². The highest BCUT2D eigenvalue weighted by Crippen LogP contribution is 2.38. The van der Waals surface area contributed by atoms with Crippen LogP contribution in [0.4, 0.5) is 16.2 Å². The SMILES string of the molecule is Cc1ccc2ccccc2c1CN1C(=O)[C@@H](NC(=O)[C@H](CCC(C)(C)C)N(C)C(=O)O)[C@H](C)N(C(=O)CS(C)(=O)=O)c2cc(C#N)ccc21. The number of hydrogen-bond donors (Lipinski definition) is 2. The molecule has 0 spiro atoms. The summed E-state index contributed by atoms with van der Waals surface area (Å²) in [5, 5.41) is 24.2. The molecule has 0 bridgehead atoms. The highest BCUT2D eigenvalue weighted by molar-refractivity contribution is 7.91. The first kappa shape index (κ1) is 36.9. The zero-order valence-electron chi connectivity index (χ0n) is 28.9. The van der Waals surface area contributed by atoms with Crippen LogP contribution >= 0.6 is 0 Å². The summed E-state index contributed by atoms with van der Waals surface area (Å²) in [6.45, 7) is 9.33. The number of aryl methyl sites for hydroxylation is 1. The number of nitrogens with zero attached hydrogens (tertiary/aromatic N) is 4. The maximum Gasteiger partial charge on any atom is 0.407 e. The van der Waals surface area contributed by atoms with Crippen molar-refractivity contribution in [3.63, 3.8) is 0 Å². The van der Waals surface area contributed by atoms with E-state index in [2.05, 4.69) is 5.32 Å². The van der Waals surface area contributed by atoms with E-state index in [1.54, 1.807) is 0 Å². The van der Waals surface area contributed by atoms with Gasteiger partial charge in [-0.3, -0.25) is 19.3 Å². The molecule has 49 heavy (non-hydrogen) atoms. The van der Waals surface area contributed by atoms with Crippen LogP contribution in [0, 0.1) is 23.7 Å². The van der Waals surface area contributed by atoms with Crippen molar-refractivity contribution in [1.82, 2.24) is 10.2 Å². The molecule has 0 unspecified atom stereocenters. The molecule has 3 aromatic rings. The zero-order valence-corrected chi connectivity index (χ0v) is 29.7. The average molecular weight is 690 g/mol. The lowest BCUT2D eigenvalue weighted by molar-refractivity contribution is -0.131. The number of carbonyl (C=O) groups is 4. The fourth-order valence-electron chi connectivity index (χ4n) is 6.14. The Morgan fingerprint density at radius 1 is 1.08 bits per heavy atom. The van der Waals surface area contributed by atoms with Gasteiger partial charge in [-0.05, 0) is 72.2 Å². The Hall–Kier alpha value is -4.96. The molecule has 4 amide bonds. The summed E-state index contributed by atoms with van der Waals surface area (Å²) in [4.78, 5) is 58.2. The van der Waals surface area contributed by atoms with Gasteiger partial charge in [0.1, 0.15) is 17.8 Å². The lowest BCUT2D eigenvalue weighted by atomic mass is 9.88. The minimum absolute atomic E-state index is 0.0145. The second kappa shape index (κ2) is 14.3. The summed E-state index contributed by atoms with van der Waals surface area (Å²) in [5.41, 5.74) is 2.01. The molecule has 12 nitrogen and oxygen atoms in total. The highest BCUT2D eigenvalue weighted by Gasteiger charge is 2.44. The summed E-state index contributed by atoms with van der Waals surface area (Å²) < 4.78 is 24.8. The van der Waals surface area contributed by atoms with Gasteiger partial charge in [0.25, 0.3) is 5.91 Å². The van der Waals surface area contributed by atoms with Crippen LogP contribution in [-0.2, 0) is 30.8 Å². The van der Waals surface area contributed by atoms with E-state index in [-0.39, 0.29) is 35.3 Å². The third-order valence-electron chi connectivity index (χ3n) is 8.86. The number of carbonyl (C=O) groups excluding carboxylic acids is 3. The summed E-state index contributed by atoms with van der Waals surface area (Å²) in [6, 6.07) is 14.4. The van der Waals surface area contributed by atoms with Gasteiger partial charge in [0, 0.05) is 13.3 Å². The predicted octanol–water partition coefficient (Wildman–Crippen LogP) is 4.62. The van der Waals surface area contributed by atoms with Gasteiger partial charge in [-0.2, -0.15) is 5.26 Å². The van der Waals surface area contributed by atoms with E-state index in [0.29, 0.717) is 6.42 Å². The van der Waals surface area contributed by atoms with Gasteiger partial charge < -0.3 is 20.2 Å². The first-order valence-corrected chi connectivity index (χ1v) is 18.0. The zero-order chi connectivity index (χ0) is 36.4. The van der Waals surface area contributed by atoms with Gasteiger partial charge >= 0.3 is 6.09 Å². The molecule has 0 aliphatic carbocycles. The van der Waals surface area contributed by atoms with E-state index < -0.39 is 57.5 Å². The lowest BCUT2D eigenvalue weighted by Crippen LogP contribution is -2.61. The normalized spacial score (nSPS) is 17.1. The molecule has 0 fully saturated rings. The number of fused-ring (bicyclic) bond motifs is 2. The molecule has 3 atom stereocenters. The van der Waals surface area contributed by atoms with E-state index >= 15 is 0 Å². The average Bonchev–Trinajstić information content (AvgIpc) is 3.09. The number of rotatable bonds is 9. The minimum atomic E-state index is -3.84. The Labute approximate surface area is 287 Å². The van der Waals surface area contributed by atoms with Gasteiger partial charge in [0.15, 0.2) is 9.84 Å². The second-order valence-corrected chi connectivity index (χ2v) is 16.0. The van der Waals surface area contributed by atoms with Crippen molar-refractivity contribution in [3.8, 4) is 6.07 Å². The second-order valence-electron chi connectivity index (χ2n) is 13.9. The maximum atomic E-state index is 14.8. The molecule has 4 rings (SSSR count). The van der Waals surface area contributed by atoms with Gasteiger partial charge in [-0.25, -0.2) is 13.2 Å². The minimum Gasteiger partial charge on any atom is -0.465 e. The van der Waals surface area contributed by atoms with Crippen LogP contribution < -0.4 is 15.1 Å². The molecule has 0 radical (unpaired) electrons. The van der Waals surface area contributed by atoms with Crippen molar-refractivity contribution >= 4 is 55.8 Å². The number of carboxylic acid groups (broad SMARTS) is 1. The fourth-order valence-corrected chi connectivity index (χ4v) is 6.73. The van der Waals surface area contributed by atoms with E-state index in [1.807, 2.05) is 70.2 Å². The van der Waals surface area contributed by atoms with Gasteiger partial charge in [0.05, 0.1) is 35.6 Å². The molecule has 1 aliphatic rings. The van der Waals surface area contributed by atoms with E-state index in [1.165, 1.54) is 37.1 Å². The Morgan fingerprint density at radius 3 is 2.37 bits per heavy atom. The Balaban J connectivity index is 1.92. The van der Waals surface area contributed by atoms with Crippen molar-refractivity contribution in [2.45, 2.75) is 72.1 Å². The number of anilines is 2. The smallest absolute Gasteiger partial charge is 0.407 e. The molecular formula is C36H43N5O7S. The van der Waals surface area contributed by atoms with E-state index in [9.17, 15) is 38.0 Å². The molecule has 260 valence electrons. The molecule has 1 heterocycles.